The highest BCUT2D eigenvalue weighted by atomic mass is 19.3. The highest BCUT2D eigenvalue weighted by Gasteiger charge is 2.08. The first kappa shape index (κ1) is 14.8. The van der Waals surface area contributed by atoms with Gasteiger partial charge in [-0.1, -0.05) is 0 Å². The summed E-state index contributed by atoms with van der Waals surface area (Å²) in [5.41, 5.74) is 8.14. The molecular weight excluding hydrogens is 278 g/mol. The van der Waals surface area contributed by atoms with Gasteiger partial charge in [0.1, 0.15) is 5.75 Å². The number of aryl methyl sites for hydroxylation is 1. The number of amides is 1. The molecule has 0 aliphatic carbocycles. The minimum atomic E-state index is -2.89. The van der Waals surface area contributed by atoms with Crippen LogP contribution in [-0.2, 0) is 0 Å². The van der Waals surface area contributed by atoms with Gasteiger partial charge in [0.25, 0.3) is 5.91 Å². The summed E-state index contributed by atoms with van der Waals surface area (Å²) in [4.78, 5) is 12.0. The Morgan fingerprint density at radius 1 is 1.19 bits per heavy atom. The lowest BCUT2D eigenvalue weighted by molar-refractivity contribution is -0.0498. The Morgan fingerprint density at radius 3 is 2.43 bits per heavy atom. The molecule has 0 aliphatic heterocycles. The Bertz CT molecular complexity index is 643. The van der Waals surface area contributed by atoms with Gasteiger partial charge in [0.15, 0.2) is 0 Å². The highest BCUT2D eigenvalue weighted by molar-refractivity contribution is 6.04. The molecule has 6 heteroatoms. The number of benzene rings is 2. The maximum absolute atomic E-state index is 12.0. The fraction of sp³-hybridized carbons (Fsp3) is 0.133. The van der Waals surface area contributed by atoms with E-state index >= 15 is 0 Å². The lowest BCUT2D eigenvalue weighted by atomic mass is 10.1. The van der Waals surface area contributed by atoms with Crippen molar-refractivity contribution in [2.24, 2.45) is 0 Å². The van der Waals surface area contributed by atoms with E-state index in [2.05, 4.69) is 10.1 Å². The number of carbonyl (C=O) groups excluding carboxylic acids is 1. The average molecular weight is 292 g/mol. The molecule has 0 saturated carbocycles. The van der Waals surface area contributed by atoms with Crippen molar-refractivity contribution in [1.29, 1.82) is 0 Å². The number of nitrogens with two attached hydrogens (primary N) is 1. The van der Waals surface area contributed by atoms with Crippen LogP contribution >= 0.6 is 0 Å². The van der Waals surface area contributed by atoms with Gasteiger partial charge in [-0.15, -0.1) is 0 Å². The van der Waals surface area contributed by atoms with Crippen LogP contribution in [0.15, 0.2) is 42.5 Å². The molecule has 21 heavy (non-hydrogen) atoms. The topological polar surface area (TPSA) is 64.3 Å². The minimum Gasteiger partial charge on any atom is -0.435 e. The molecule has 0 bridgehead atoms. The first-order valence-corrected chi connectivity index (χ1v) is 6.18. The van der Waals surface area contributed by atoms with Crippen molar-refractivity contribution in [3.63, 3.8) is 0 Å². The second-order valence-corrected chi connectivity index (χ2v) is 4.43. The van der Waals surface area contributed by atoms with E-state index in [1.807, 2.05) is 6.92 Å². The third-order valence-electron chi connectivity index (χ3n) is 2.87. The fourth-order valence-electron chi connectivity index (χ4n) is 1.74. The molecule has 4 nitrogen and oxygen atoms in total. The molecule has 2 aromatic rings. The number of nitrogen functional groups attached to an aromatic ring is 1. The largest absolute Gasteiger partial charge is 0.435 e. The van der Waals surface area contributed by atoms with Gasteiger partial charge in [0.2, 0.25) is 0 Å². The van der Waals surface area contributed by atoms with E-state index in [1.165, 1.54) is 24.3 Å². The second-order valence-electron chi connectivity index (χ2n) is 4.43. The molecule has 0 saturated heterocycles. The molecule has 0 radical (unpaired) electrons. The van der Waals surface area contributed by atoms with Crippen LogP contribution in [0.4, 0.5) is 20.2 Å². The molecule has 110 valence electrons. The maximum atomic E-state index is 12.0. The number of halogens is 2. The number of rotatable bonds is 4. The summed E-state index contributed by atoms with van der Waals surface area (Å²) in [6, 6.07) is 10.6. The van der Waals surface area contributed by atoms with Crippen LogP contribution in [0, 0.1) is 6.92 Å². The molecule has 0 heterocycles. The van der Waals surface area contributed by atoms with Gasteiger partial charge >= 0.3 is 6.61 Å². The van der Waals surface area contributed by atoms with E-state index in [0.29, 0.717) is 16.9 Å². The van der Waals surface area contributed by atoms with E-state index in [0.717, 1.165) is 5.56 Å². The first-order chi connectivity index (χ1) is 9.95. The van der Waals surface area contributed by atoms with Crippen LogP contribution in [0.3, 0.4) is 0 Å². The Balaban J connectivity index is 2.07. The van der Waals surface area contributed by atoms with Crippen LogP contribution < -0.4 is 15.8 Å². The third kappa shape index (κ3) is 3.92. The molecule has 0 spiro atoms. The van der Waals surface area contributed by atoms with Crippen molar-refractivity contribution in [3.05, 3.63) is 53.6 Å². The molecule has 2 rings (SSSR count). The number of hydrogen-bond donors (Lipinski definition) is 2. The monoisotopic (exact) mass is 292 g/mol. The van der Waals surface area contributed by atoms with E-state index in [4.69, 9.17) is 5.73 Å². The summed E-state index contributed by atoms with van der Waals surface area (Å²) in [5, 5.41) is 2.70. The summed E-state index contributed by atoms with van der Waals surface area (Å²) >= 11 is 0. The molecule has 0 aliphatic rings. The summed E-state index contributed by atoms with van der Waals surface area (Å²) in [7, 11) is 0. The van der Waals surface area contributed by atoms with Gasteiger partial charge in [-0.25, -0.2) is 0 Å². The lowest BCUT2D eigenvalue weighted by Crippen LogP contribution is -2.12. The molecule has 0 aromatic heterocycles. The molecule has 3 N–H and O–H groups in total. The quantitative estimate of drug-likeness (QED) is 0.848. The summed E-state index contributed by atoms with van der Waals surface area (Å²) < 4.78 is 28.3. The molecular formula is C15H14F2N2O2. The summed E-state index contributed by atoms with van der Waals surface area (Å²) in [6.07, 6.45) is 0. The van der Waals surface area contributed by atoms with Gasteiger partial charge in [0, 0.05) is 16.9 Å². The van der Waals surface area contributed by atoms with Gasteiger partial charge in [-0.2, -0.15) is 8.78 Å². The van der Waals surface area contributed by atoms with E-state index in [-0.39, 0.29) is 11.7 Å². The number of ether oxygens (including phenoxy) is 1. The number of alkyl halides is 2. The first-order valence-electron chi connectivity index (χ1n) is 6.18. The molecule has 0 unspecified atom stereocenters. The number of anilines is 2. The Kier molecular flexibility index (Phi) is 4.37. The smallest absolute Gasteiger partial charge is 0.387 e. The maximum Gasteiger partial charge on any atom is 0.387 e. The SMILES string of the molecule is Cc1cc(NC(=O)c2ccc(OC(F)F)cc2)ccc1N. The molecule has 1 amide bonds. The van der Waals surface area contributed by atoms with Crippen molar-refractivity contribution < 1.29 is 18.3 Å². The number of nitrogens with one attached hydrogen (secondary N) is 1. The normalized spacial score (nSPS) is 10.5. The summed E-state index contributed by atoms with van der Waals surface area (Å²) in [5.74, 6) is -0.340. The van der Waals surface area contributed by atoms with Crippen molar-refractivity contribution in [1.82, 2.24) is 0 Å². The highest BCUT2D eigenvalue weighted by Crippen LogP contribution is 2.19. The Morgan fingerprint density at radius 2 is 1.86 bits per heavy atom. The Labute approximate surface area is 120 Å². The molecule has 2 aromatic carbocycles. The van der Waals surface area contributed by atoms with Gasteiger partial charge < -0.3 is 15.8 Å². The predicted molar refractivity (Wildman–Crippen MR) is 76.6 cm³/mol. The van der Waals surface area contributed by atoms with Crippen molar-refractivity contribution >= 4 is 17.3 Å². The Hall–Kier alpha value is -2.63. The number of carbonyl (C=O) groups is 1. The zero-order valence-corrected chi connectivity index (χ0v) is 11.3. The molecule has 0 atom stereocenters. The van der Waals surface area contributed by atoms with Gasteiger partial charge in [-0.05, 0) is 55.0 Å². The van der Waals surface area contributed by atoms with E-state index < -0.39 is 6.61 Å². The van der Waals surface area contributed by atoms with E-state index in [1.54, 1.807) is 18.2 Å². The summed E-state index contributed by atoms with van der Waals surface area (Å²) in [6.45, 7) is -1.05. The lowest BCUT2D eigenvalue weighted by Gasteiger charge is -2.08. The van der Waals surface area contributed by atoms with Crippen LogP contribution in [0.2, 0.25) is 0 Å². The second kappa shape index (κ2) is 6.21. The molecule has 0 fully saturated rings. The van der Waals surface area contributed by atoms with Crippen LogP contribution in [0.5, 0.6) is 5.75 Å². The minimum absolute atomic E-state index is 0.00452. The van der Waals surface area contributed by atoms with Crippen LogP contribution in [-0.4, -0.2) is 12.5 Å². The zero-order valence-electron chi connectivity index (χ0n) is 11.3. The zero-order chi connectivity index (χ0) is 15.4. The van der Waals surface area contributed by atoms with Gasteiger partial charge in [0.05, 0.1) is 0 Å². The van der Waals surface area contributed by atoms with Crippen LogP contribution in [0.1, 0.15) is 15.9 Å². The number of hydrogen-bond acceptors (Lipinski definition) is 3. The van der Waals surface area contributed by atoms with Crippen molar-refractivity contribution in [2.45, 2.75) is 13.5 Å². The van der Waals surface area contributed by atoms with Crippen LogP contribution in [0.25, 0.3) is 0 Å². The third-order valence-corrected chi connectivity index (χ3v) is 2.87. The standard InChI is InChI=1S/C15H14F2N2O2/c1-9-8-11(4-7-13(9)18)19-14(20)10-2-5-12(6-3-10)21-15(16)17/h2-8,15H,18H2,1H3,(H,19,20). The fourth-order valence-corrected chi connectivity index (χ4v) is 1.74. The van der Waals surface area contributed by atoms with Gasteiger partial charge in [-0.3, -0.25) is 4.79 Å². The van der Waals surface area contributed by atoms with Crippen molar-refractivity contribution in [3.8, 4) is 5.75 Å². The predicted octanol–water partition coefficient (Wildman–Crippen LogP) is 3.43. The van der Waals surface area contributed by atoms with Crippen molar-refractivity contribution in [2.75, 3.05) is 11.1 Å². The average Bonchev–Trinajstić information content (AvgIpc) is 2.43. The van der Waals surface area contributed by atoms with E-state index in [9.17, 15) is 13.6 Å².